The van der Waals surface area contributed by atoms with Gasteiger partial charge >= 0.3 is 0 Å². The van der Waals surface area contributed by atoms with Crippen LogP contribution in [0, 0.1) is 0 Å². The SMILES string of the molecule is CS.[3H]O[C@H]([C@H](I)CCCCCCCCCCCCCC)[C@@H]1COC(c2ccccc2)=N1. The third-order valence-corrected chi connectivity index (χ3v) is 7.10. The van der Waals surface area contributed by atoms with E-state index >= 15 is 0 Å². The third kappa shape index (κ3) is 12.5. The van der Waals surface area contributed by atoms with Crippen molar-refractivity contribution in [1.82, 2.24) is 0 Å². The Hall–Kier alpha value is -0.270. The van der Waals surface area contributed by atoms with Crippen LogP contribution in [0.4, 0.5) is 0 Å². The minimum absolute atomic E-state index is 0.0862. The molecule has 31 heavy (non-hydrogen) atoms. The van der Waals surface area contributed by atoms with Gasteiger partial charge in [-0.15, -0.1) is 0 Å². The highest BCUT2D eigenvalue weighted by Crippen LogP contribution is 2.23. The highest BCUT2D eigenvalue weighted by Gasteiger charge is 2.30. The third-order valence-electron chi connectivity index (χ3n) is 5.76. The van der Waals surface area contributed by atoms with E-state index in [1.807, 2.05) is 30.3 Å². The average Bonchev–Trinajstić information content (AvgIpc) is 3.32. The highest BCUT2D eigenvalue weighted by atomic mass is 127. The van der Waals surface area contributed by atoms with Crippen LogP contribution < -0.4 is 0 Å². The summed E-state index contributed by atoms with van der Waals surface area (Å²) in [4.78, 5) is 4.70. The van der Waals surface area contributed by atoms with E-state index in [1.54, 1.807) is 6.26 Å². The van der Waals surface area contributed by atoms with Gasteiger partial charge in [-0.1, -0.05) is 125 Å². The minimum Gasteiger partial charge on any atom is -0.475 e. The lowest BCUT2D eigenvalue weighted by Crippen LogP contribution is -2.33. The molecule has 0 radical (unpaired) electrons. The molecule has 0 aromatic heterocycles. The van der Waals surface area contributed by atoms with Crippen molar-refractivity contribution in [2.24, 2.45) is 4.99 Å². The number of unbranched alkanes of at least 4 members (excludes halogenated alkanes) is 11. The summed E-state index contributed by atoms with van der Waals surface area (Å²) in [6, 6.07) is 9.89. The van der Waals surface area contributed by atoms with Crippen LogP contribution in [0.25, 0.3) is 0 Å². The number of nitrogens with zero attached hydrogens (tertiary/aromatic N) is 1. The van der Waals surface area contributed by atoms with Crippen molar-refractivity contribution in [1.29, 1.82) is 1.43 Å². The number of aliphatic hydroxyl groups excluding tert-OH is 1. The number of hydrogen-bond donors (Lipinski definition) is 2. The molecule has 3 nitrogen and oxygen atoms in total. The first kappa shape index (κ1) is 27.0. The number of aliphatic imine (C=N–C) groups is 1. The maximum atomic E-state index is 7.56. The zero-order valence-electron chi connectivity index (χ0n) is 20.6. The van der Waals surface area contributed by atoms with Crippen LogP contribution in [0.1, 0.15) is 96.0 Å². The highest BCUT2D eigenvalue weighted by molar-refractivity contribution is 14.1. The number of rotatable bonds is 17. The van der Waals surface area contributed by atoms with Crippen LogP contribution in [0.3, 0.4) is 0 Å². The molecule has 0 saturated heterocycles. The van der Waals surface area contributed by atoms with E-state index in [1.165, 1.54) is 77.0 Å². The van der Waals surface area contributed by atoms with Gasteiger partial charge in [0.15, 0.2) is 0 Å². The normalized spacial score (nSPS) is 17.7. The summed E-state index contributed by atoms with van der Waals surface area (Å²) in [6.07, 6.45) is 18.9. The topological polar surface area (TPSA) is 41.8 Å². The molecular formula is C26H44INO2S. The van der Waals surface area contributed by atoms with Crippen molar-refractivity contribution in [3.05, 3.63) is 35.9 Å². The second-order valence-corrected chi connectivity index (χ2v) is 9.94. The molecular weight excluding hydrogens is 517 g/mol. The molecule has 0 aliphatic carbocycles. The zero-order valence-corrected chi connectivity index (χ0v) is 22.7. The Labute approximate surface area is 211 Å². The van der Waals surface area contributed by atoms with Gasteiger partial charge in [0, 0.05) is 9.49 Å². The predicted molar refractivity (Wildman–Crippen MR) is 147 cm³/mol. The monoisotopic (exact) mass is 563 g/mol. The number of halogens is 1. The molecule has 1 heterocycles. The molecule has 1 aliphatic rings. The fourth-order valence-corrected chi connectivity index (χ4v) is 4.80. The lowest BCUT2D eigenvalue weighted by atomic mass is 10.0. The molecule has 0 amide bonds. The standard InChI is InChI=1S/C25H40INO2.CH4S/c1-2-3-4-5-6-7-8-9-10-11-12-16-19-22(26)24(28)23-20-29-25(27-23)21-17-14-13-15-18-21;1-2/h13-15,17-18,22-24,28H,2-12,16,19-20H2,1H3;2H,1H3/t22-,23+,24-;/m1./s1/i28T;. The van der Waals surface area contributed by atoms with Crippen molar-refractivity contribution in [2.75, 3.05) is 12.9 Å². The number of aliphatic hydroxyl groups is 1. The lowest BCUT2D eigenvalue weighted by molar-refractivity contribution is 0.127. The van der Waals surface area contributed by atoms with Crippen molar-refractivity contribution in [3.8, 4) is 0 Å². The van der Waals surface area contributed by atoms with Crippen LogP contribution in [-0.4, -0.2) is 41.4 Å². The fraction of sp³-hybridized carbons (Fsp3) is 0.731. The maximum absolute atomic E-state index is 7.56. The van der Waals surface area contributed by atoms with E-state index in [4.69, 9.17) is 16.3 Å². The van der Waals surface area contributed by atoms with Gasteiger partial charge in [-0.05, 0) is 24.8 Å². The van der Waals surface area contributed by atoms with Gasteiger partial charge in [-0.25, -0.2) is 4.99 Å². The molecule has 178 valence electrons. The van der Waals surface area contributed by atoms with Crippen molar-refractivity contribution in [3.63, 3.8) is 0 Å². The fourth-order valence-electron chi connectivity index (χ4n) is 3.88. The zero-order chi connectivity index (χ0) is 23.4. The Morgan fingerprint density at radius 3 is 2.10 bits per heavy atom. The Kier molecular flexibility index (Phi) is 16.7. The number of thiol groups is 1. The van der Waals surface area contributed by atoms with Gasteiger partial charge in [0.2, 0.25) is 7.33 Å². The van der Waals surface area contributed by atoms with Crippen molar-refractivity contribution >= 4 is 41.1 Å². The van der Waals surface area contributed by atoms with E-state index in [-0.39, 0.29) is 16.1 Å². The lowest BCUT2D eigenvalue weighted by Gasteiger charge is -2.20. The van der Waals surface area contributed by atoms with E-state index in [0.717, 1.165) is 12.0 Å². The van der Waals surface area contributed by atoms with Crippen LogP contribution in [-0.2, 0) is 4.74 Å². The molecule has 3 atom stereocenters. The molecule has 2 rings (SSSR count). The maximum Gasteiger partial charge on any atom is 0.216 e. The van der Waals surface area contributed by atoms with Crippen molar-refractivity contribution in [2.45, 2.75) is 106 Å². The second kappa shape index (κ2) is 19.2. The summed E-state index contributed by atoms with van der Waals surface area (Å²) in [7, 11) is 0. The van der Waals surface area contributed by atoms with Crippen LogP contribution >= 0.6 is 35.2 Å². The minimum atomic E-state index is -0.209. The number of ether oxygens (including phenoxy) is 1. The van der Waals surface area contributed by atoms with Gasteiger partial charge in [-0.2, -0.15) is 12.6 Å². The largest absolute Gasteiger partial charge is 0.475 e. The van der Waals surface area contributed by atoms with E-state index in [0.29, 0.717) is 12.5 Å². The molecule has 0 unspecified atom stereocenters. The summed E-state index contributed by atoms with van der Waals surface area (Å²) in [5, 5.41) is 5.09. The summed E-state index contributed by atoms with van der Waals surface area (Å²) < 4.78 is 13.6. The van der Waals surface area contributed by atoms with Gasteiger partial charge in [0.25, 0.3) is 0 Å². The molecule has 1 aliphatic heterocycles. The average molecular weight is 564 g/mol. The Balaban J connectivity index is 0.00000249. The molecule has 0 spiro atoms. The van der Waals surface area contributed by atoms with Gasteiger partial charge in [0.1, 0.15) is 12.6 Å². The molecule has 0 bridgehead atoms. The summed E-state index contributed by atoms with van der Waals surface area (Å²) >= 11 is 5.97. The van der Waals surface area contributed by atoms with E-state index in [2.05, 4.69) is 42.1 Å². The van der Waals surface area contributed by atoms with Crippen LogP contribution in [0.15, 0.2) is 35.3 Å². The van der Waals surface area contributed by atoms with Gasteiger partial charge in [-0.3, -0.25) is 0 Å². The first-order valence-electron chi connectivity index (χ1n) is 12.6. The molecule has 0 saturated carbocycles. The smallest absolute Gasteiger partial charge is 0.216 e. The van der Waals surface area contributed by atoms with Crippen LogP contribution in [0.2, 0.25) is 0 Å². The molecule has 1 aromatic rings. The summed E-state index contributed by atoms with van der Waals surface area (Å²) in [5.41, 5.74) is 0.995. The second-order valence-electron chi connectivity index (χ2n) is 8.34. The Morgan fingerprint density at radius 2 is 1.55 bits per heavy atom. The van der Waals surface area contributed by atoms with Crippen molar-refractivity contribution < 1.29 is 9.85 Å². The Bertz CT molecular complexity index is 590. The summed E-state index contributed by atoms with van der Waals surface area (Å²) in [5.74, 6) is 0.677. The quantitative estimate of drug-likeness (QED) is 0.0886. The van der Waals surface area contributed by atoms with Gasteiger partial charge in [0.05, 0.1) is 6.10 Å². The molecule has 0 fully saturated rings. The Morgan fingerprint density at radius 1 is 1.00 bits per heavy atom. The molecule has 1 N–H and O–H groups in total. The summed E-state index contributed by atoms with van der Waals surface area (Å²) in [6.45, 7) is 2.78. The predicted octanol–water partition coefficient (Wildman–Crippen LogP) is 7.63. The van der Waals surface area contributed by atoms with E-state index < -0.39 is 0 Å². The molecule has 1 aromatic carbocycles. The first-order valence-corrected chi connectivity index (χ1v) is 14.4. The molecule has 5 heteroatoms. The van der Waals surface area contributed by atoms with Gasteiger partial charge < -0.3 is 9.85 Å². The van der Waals surface area contributed by atoms with E-state index in [9.17, 15) is 0 Å². The number of benzene rings is 1. The number of alkyl halides is 1. The number of hydrogen-bond acceptors (Lipinski definition) is 4. The van der Waals surface area contributed by atoms with Crippen LogP contribution in [0.5, 0.6) is 0 Å². The first-order chi connectivity index (χ1) is 15.8.